The monoisotopic (exact) mass is 307 g/mol. The Kier molecular flexibility index (Phi) is 4.15. The topological polar surface area (TPSA) is 51.3 Å². The molecule has 1 heterocycles. The zero-order valence-electron chi connectivity index (χ0n) is 13.0. The highest BCUT2D eigenvalue weighted by Crippen LogP contribution is 2.26. The average Bonchev–Trinajstić information content (AvgIpc) is 3.02. The molecule has 0 bridgehead atoms. The first kappa shape index (κ1) is 14.9. The standard InChI is InChI=1S/C19H17NO3/c1-22-17-9-5-6-13(18(17)19(21)23-2)10-11-14-12-20-16-8-4-3-7-15(14)16/h3-12,20H,1-2H3/b11-10+. The van der Waals surface area contributed by atoms with E-state index in [1.165, 1.54) is 14.2 Å². The minimum absolute atomic E-state index is 0.416. The Bertz CT molecular complexity index is 877. The lowest BCUT2D eigenvalue weighted by Gasteiger charge is -2.09. The number of nitrogens with one attached hydrogen (secondary N) is 1. The highest BCUT2D eigenvalue weighted by molar-refractivity contribution is 5.99. The molecule has 0 atom stereocenters. The summed E-state index contributed by atoms with van der Waals surface area (Å²) in [7, 11) is 2.90. The minimum Gasteiger partial charge on any atom is -0.496 e. The second-order valence-corrected chi connectivity index (χ2v) is 5.04. The Balaban J connectivity index is 2.04. The van der Waals surface area contributed by atoms with Crippen LogP contribution < -0.4 is 4.74 Å². The molecule has 4 nitrogen and oxygen atoms in total. The van der Waals surface area contributed by atoms with Crippen molar-refractivity contribution in [3.8, 4) is 5.75 Å². The van der Waals surface area contributed by atoms with Crippen molar-refractivity contribution in [1.29, 1.82) is 0 Å². The fourth-order valence-electron chi connectivity index (χ4n) is 2.59. The maximum Gasteiger partial charge on any atom is 0.342 e. The molecular weight excluding hydrogens is 290 g/mol. The number of ether oxygens (including phenoxy) is 2. The van der Waals surface area contributed by atoms with Crippen LogP contribution in [0.15, 0.2) is 48.7 Å². The third kappa shape index (κ3) is 2.83. The molecule has 2 aromatic carbocycles. The van der Waals surface area contributed by atoms with Gasteiger partial charge in [-0.25, -0.2) is 4.79 Å². The highest BCUT2D eigenvalue weighted by atomic mass is 16.5. The SMILES string of the molecule is COC(=O)c1c(/C=C/c2c[nH]c3ccccc23)cccc1OC. The van der Waals surface area contributed by atoms with E-state index in [9.17, 15) is 4.79 Å². The second kappa shape index (κ2) is 6.40. The Morgan fingerprint density at radius 1 is 1.00 bits per heavy atom. The Labute approximate surface area is 134 Å². The number of H-pyrrole nitrogens is 1. The van der Waals surface area contributed by atoms with Gasteiger partial charge in [0.25, 0.3) is 0 Å². The lowest BCUT2D eigenvalue weighted by molar-refractivity contribution is 0.0597. The van der Waals surface area contributed by atoms with Gasteiger partial charge in [-0.2, -0.15) is 0 Å². The number of fused-ring (bicyclic) bond motifs is 1. The third-order valence-electron chi connectivity index (χ3n) is 3.73. The maximum atomic E-state index is 12.0. The average molecular weight is 307 g/mol. The van der Waals surface area contributed by atoms with Crippen LogP contribution in [0.3, 0.4) is 0 Å². The Morgan fingerprint density at radius 3 is 2.57 bits per heavy atom. The first-order chi connectivity index (χ1) is 11.2. The molecule has 0 saturated carbocycles. The van der Waals surface area contributed by atoms with Crippen LogP contribution >= 0.6 is 0 Å². The van der Waals surface area contributed by atoms with Gasteiger partial charge in [0.15, 0.2) is 0 Å². The summed E-state index contributed by atoms with van der Waals surface area (Å²) in [5.41, 5.74) is 3.31. The van der Waals surface area contributed by atoms with Gasteiger partial charge in [0.05, 0.1) is 14.2 Å². The van der Waals surface area contributed by atoms with Gasteiger partial charge in [-0.1, -0.05) is 42.5 Å². The number of rotatable bonds is 4. The summed E-state index contributed by atoms with van der Waals surface area (Å²) < 4.78 is 10.1. The molecule has 1 aromatic heterocycles. The minimum atomic E-state index is -0.416. The maximum absolute atomic E-state index is 12.0. The van der Waals surface area contributed by atoms with Crippen LogP contribution in [-0.4, -0.2) is 25.2 Å². The van der Waals surface area contributed by atoms with Gasteiger partial charge in [0, 0.05) is 17.1 Å². The van der Waals surface area contributed by atoms with Crippen LogP contribution in [-0.2, 0) is 4.74 Å². The van der Waals surface area contributed by atoms with Gasteiger partial charge in [-0.3, -0.25) is 0 Å². The molecule has 0 fully saturated rings. The van der Waals surface area contributed by atoms with Crippen LogP contribution in [0.4, 0.5) is 0 Å². The van der Waals surface area contributed by atoms with Gasteiger partial charge in [-0.15, -0.1) is 0 Å². The van der Waals surface area contributed by atoms with Crippen molar-refractivity contribution in [2.24, 2.45) is 0 Å². The van der Waals surface area contributed by atoms with Crippen molar-refractivity contribution in [2.75, 3.05) is 14.2 Å². The highest BCUT2D eigenvalue weighted by Gasteiger charge is 2.16. The third-order valence-corrected chi connectivity index (χ3v) is 3.73. The first-order valence-electron chi connectivity index (χ1n) is 7.24. The molecule has 0 amide bonds. The molecule has 4 heteroatoms. The summed E-state index contributed by atoms with van der Waals surface area (Å²) in [5.74, 6) is 0.0824. The molecule has 23 heavy (non-hydrogen) atoms. The van der Waals surface area contributed by atoms with Crippen LogP contribution in [0, 0.1) is 0 Å². The van der Waals surface area contributed by atoms with Crippen LogP contribution in [0.25, 0.3) is 23.1 Å². The summed E-state index contributed by atoms with van der Waals surface area (Å²) in [4.78, 5) is 15.3. The summed E-state index contributed by atoms with van der Waals surface area (Å²) in [6.45, 7) is 0. The van der Waals surface area contributed by atoms with Crippen LogP contribution in [0.5, 0.6) is 5.75 Å². The lowest BCUT2D eigenvalue weighted by atomic mass is 10.0. The normalized spacial score (nSPS) is 11.0. The number of methoxy groups -OCH3 is 2. The largest absolute Gasteiger partial charge is 0.496 e. The molecule has 3 rings (SSSR count). The van der Waals surface area contributed by atoms with Crippen molar-refractivity contribution in [2.45, 2.75) is 0 Å². The lowest BCUT2D eigenvalue weighted by Crippen LogP contribution is -2.06. The Hall–Kier alpha value is -3.01. The molecule has 1 N–H and O–H groups in total. The number of carbonyl (C=O) groups is 1. The predicted octanol–water partition coefficient (Wildman–Crippen LogP) is 4.13. The zero-order chi connectivity index (χ0) is 16.2. The number of carbonyl (C=O) groups excluding carboxylic acids is 1. The summed E-state index contributed by atoms with van der Waals surface area (Å²) >= 11 is 0. The van der Waals surface area contributed by atoms with Crippen molar-refractivity contribution in [3.63, 3.8) is 0 Å². The molecule has 0 aliphatic heterocycles. The van der Waals surface area contributed by atoms with Gasteiger partial charge in [-0.05, 0) is 23.3 Å². The smallest absolute Gasteiger partial charge is 0.342 e. The predicted molar refractivity (Wildman–Crippen MR) is 91.6 cm³/mol. The number of hydrogen-bond acceptors (Lipinski definition) is 3. The second-order valence-electron chi connectivity index (χ2n) is 5.04. The molecule has 3 aromatic rings. The van der Waals surface area contributed by atoms with E-state index in [1.54, 1.807) is 6.07 Å². The zero-order valence-corrected chi connectivity index (χ0v) is 13.0. The number of benzene rings is 2. The van der Waals surface area contributed by atoms with E-state index in [4.69, 9.17) is 9.47 Å². The number of aromatic nitrogens is 1. The molecule has 0 saturated heterocycles. The van der Waals surface area contributed by atoms with E-state index in [0.717, 1.165) is 22.0 Å². The van der Waals surface area contributed by atoms with E-state index in [1.807, 2.05) is 48.7 Å². The van der Waals surface area contributed by atoms with E-state index in [0.29, 0.717) is 11.3 Å². The summed E-state index contributed by atoms with van der Waals surface area (Å²) in [6.07, 6.45) is 5.81. The van der Waals surface area contributed by atoms with Crippen molar-refractivity contribution in [3.05, 3.63) is 65.4 Å². The summed E-state index contributed by atoms with van der Waals surface area (Å²) in [6, 6.07) is 13.5. The van der Waals surface area contributed by atoms with Crippen molar-refractivity contribution in [1.82, 2.24) is 4.98 Å². The van der Waals surface area contributed by atoms with E-state index < -0.39 is 5.97 Å². The molecule has 0 radical (unpaired) electrons. The molecule has 0 aliphatic carbocycles. The summed E-state index contributed by atoms with van der Waals surface area (Å²) in [5, 5.41) is 1.13. The molecule has 116 valence electrons. The number of aromatic amines is 1. The van der Waals surface area contributed by atoms with Gasteiger partial charge in [0.2, 0.25) is 0 Å². The molecule has 0 aliphatic rings. The fraction of sp³-hybridized carbons (Fsp3) is 0.105. The number of para-hydroxylation sites is 1. The van der Waals surface area contributed by atoms with E-state index >= 15 is 0 Å². The fourth-order valence-corrected chi connectivity index (χ4v) is 2.59. The molecule has 0 spiro atoms. The number of hydrogen-bond donors (Lipinski definition) is 1. The van der Waals surface area contributed by atoms with E-state index in [-0.39, 0.29) is 0 Å². The number of esters is 1. The van der Waals surface area contributed by atoms with Crippen molar-refractivity contribution >= 4 is 29.0 Å². The molecular formula is C19H17NO3. The van der Waals surface area contributed by atoms with Gasteiger partial charge >= 0.3 is 5.97 Å². The Morgan fingerprint density at radius 2 is 1.78 bits per heavy atom. The van der Waals surface area contributed by atoms with Crippen molar-refractivity contribution < 1.29 is 14.3 Å². The van der Waals surface area contributed by atoms with Crippen LogP contribution in [0.1, 0.15) is 21.5 Å². The van der Waals surface area contributed by atoms with Gasteiger partial charge < -0.3 is 14.5 Å². The quantitative estimate of drug-likeness (QED) is 0.737. The van der Waals surface area contributed by atoms with Gasteiger partial charge in [0.1, 0.15) is 11.3 Å². The molecule has 0 unspecified atom stereocenters. The van der Waals surface area contributed by atoms with Crippen LogP contribution in [0.2, 0.25) is 0 Å². The van der Waals surface area contributed by atoms with E-state index in [2.05, 4.69) is 11.1 Å². The first-order valence-corrected chi connectivity index (χ1v) is 7.24.